The van der Waals surface area contributed by atoms with E-state index in [4.69, 9.17) is 5.73 Å². The lowest BCUT2D eigenvalue weighted by atomic mass is 9.65. The Kier molecular flexibility index (Phi) is 5.87. The van der Waals surface area contributed by atoms with Gasteiger partial charge in [-0.25, -0.2) is 8.42 Å². The summed E-state index contributed by atoms with van der Waals surface area (Å²) >= 11 is 0. The topological polar surface area (TPSA) is 101 Å². The fourth-order valence-corrected chi connectivity index (χ4v) is 5.50. The van der Waals surface area contributed by atoms with Crippen molar-refractivity contribution in [3.8, 4) is 0 Å². The molecule has 2 atom stereocenters. The van der Waals surface area contributed by atoms with Crippen LogP contribution < -0.4 is 15.8 Å². The third-order valence-corrected chi connectivity index (χ3v) is 7.17. The van der Waals surface area contributed by atoms with Crippen molar-refractivity contribution in [1.29, 1.82) is 0 Å². The van der Waals surface area contributed by atoms with Crippen LogP contribution in [0.2, 0.25) is 0 Å². The van der Waals surface area contributed by atoms with E-state index in [0.717, 1.165) is 25.7 Å². The first-order valence-electron chi connectivity index (χ1n) is 9.55. The number of hydrogen-bond acceptors (Lipinski definition) is 4. The zero-order valence-electron chi connectivity index (χ0n) is 15.3. The minimum Gasteiger partial charge on any atom is -0.327 e. The highest BCUT2D eigenvalue weighted by molar-refractivity contribution is 7.92. The molecule has 7 heteroatoms. The molecule has 2 aliphatic rings. The molecule has 144 valence electrons. The molecule has 4 N–H and O–H groups in total. The quantitative estimate of drug-likeness (QED) is 0.707. The maximum absolute atomic E-state index is 12.6. The smallest absolute Gasteiger partial charge is 0.232 e. The van der Waals surface area contributed by atoms with Gasteiger partial charge < -0.3 is 11.1 Å². The number of carbonyl (C=O) groups excluding carboxylic acids is 1. The molecule has 0 spiro atoms. The first-order valence-corrected chi connectivity index (χ1v) is 11.2. The molecule has 1 aromatic rings. The van der Waals surface area contributed by atoms with Gasteiger partial charge in [-0.05, 0) is 68.2 Å². The predicted octanol–water partition coefficient (Wildman–Crippen LogP) is 2.93. The Balaban J connectivity index is 1.58. The molecule has 0 heterocycles. The molecule has 2 aliphatic carbocycles. The van der Waals surface area contributed by atoms with E-state index in [2.05, 4.69) is 10.0 Å². The Bertz CT molecular complexity index is 719. The summed E-state index contributed by atoms with van der Waals surface area (Å²) in [5.74, 6) is 1.10. The van der Waals surface area contributed by atoms with Gasteiger partial charge in [0.15, 0.2) is 0 Å². The lowest BCUT2D eigenvalue weighted by molar-refractivity contribution is -0.122. The van der Waals surface area contributed by atoms with Crippen molar-refractivity contribution in [2.45, 2.75) is 51.5 Å². The molecule has 2 unspecified atom stereocenters. The maximum Gasteiger partial charge on any atom is 0.232 e. The van der Waals surface area contributed by atoms with Gasteiger partial charge in [-0.3, -0.25) is 9.52 Å². The maximum atomic E-state index is 12.6. The molecule has 2 bridgehead atoms. The highest BCUT2D eigenvalue weighted by Crippen LogP contribution is 2.42. The number of fused-ring (bicyclic) bond motifs is 2. The molecular formula is C19H29N3O3S. The molecular weight excluding hydrogens is 350 g/mol. The van der Waals surface area contributed by atoms with Crippen molar-refractivity contribution in [2.24, 2.45) is 23.5 Å². The lowest BCUT2D eigenvalue weighted by Crippen LogP contribution is -2.48. The Labute approximate surface area is 156 Å². The molecule has 0 aliphatic heterocycles. The molecule has 2 fully saturated rings. The van der Waals surface area contributed by atoms with E-state index in [1.54, 1.807) is 24.3 Å². The minimum absolute atomic E-state index is 0.0211. The third kappa shape index (κ3) is 4.57. The van der Waals surface area contributed by atoms with Gasteiger partial charge in [-0.1, -0.05) is 13.3 Å². The second kappa shape index (κ2) is 7.96. The highest BCUT2D eigenvalue weighted by Gasteiger charge is 2.40. The Morgan fingerprint density at radius 1 is 1.12 bits per heavy atom. The number of rotatable bonds is 6. The van der Waals surface area contributed by atoms with E-state index in [9.17, 15) is 13.2 Å². The number of nitrogens with one attached hydrogen (secondary N) is 2. The Morgan fingerprint density at radius 3 is 2.27 bits per heavy atom. The van der Waals surface area contributed by atoms with Crippen molar-refractivity contribution in [2.75, 3.05) is 15.8 Å². The summed E-state index contributed by atoms with van der Waals surface area (Å²) in [7, 11) is -3.30. The van der Waals surface area contributed by atoms with Crippen LogP contribution in [0.15, 0.2) is 24.3 Å². The van der Waals surface area contributed by atoms with Gasteiger partial charge in [0.25, 0.3) is 0 Å². The third-order valence-electron chi connectivity index (χ3n) is 5.68. The summed E-state index contributed by atoms with van der Waals surface area (Å²) in [6, 6.07) is 7.07. The van der Waals surface area contributed by atoms with Gasteiger partial charge in [0.2, 0.25) is 15.9 Å². The molecule has 0 aromatic heterocycles. The number of benzene rings is 1. The van der Waals surface area contributed by atoms with Crippen LogP contribution >= 0.6 is 0 Å². The van der Waals surface area contributed by atoms with Crippen LogP contribution in [0.25, 0.3) is 0 Å². The predicted molar refractivity (Wildman–Crippen MR) is 104 cm³/mol. The van der Waals surface area contributed by atoms with E-state index in [0.29, 0.717) is 29.6 Å². The van der Waals surface area contributed by atoms with Crippen LogP contribution in [0.5, 0.6) is 0 Å². The van der Waals surface area contributed by atoms with E-state index in [1.165, 1.54) is 6.42 Å². The number of carbonyl (C=O) groups is 1. The summed E-state index contributed by atoms with van der Waals surface area (Å²) < 4.78 is 26.1. The zero-order valence-corrected chi connectivity index (χ0v) is 16.1. The van der Waals surface area contributed by atoms with E-state index in [1.807, 2.05) is 6.92 Å². The van der Waals surface area contributed by atoms with E-state index in [-0.39, 0.29) is 23.6 Å². The molecule has 0 radical (unpaired) electrons. The normalized spacial score (nSPS) is 28.4. The Hall–Kier alpha value is -1.60. The van der Waals surface area contributed by atoms with E-state index >= 15 is 0 Å². The van der Waals surface area contributed by atoms with Crippen molar-refractivity contribution in [1.82, 2.24) is 0 Å². The van der Waals surface area contributed by atoms with Crippen molar-refractivity contribution in [3.63, 3.8) is 0 Å². The highest BCUT2D eigenvalue weighted by atomic mass is 32.2. The van der Waals surface area contributed by atoms with Crippen LogP contribution in [0, 0.1) is 17.8 Å². The van der Waals surface area contributed by atoms with Crippen molar-refractivity contribution >= 4 is 27.3 Å². The number of nitrogens with two attached hydrogens (primary N) is 1. The van der Waals surface area contributed by atoms with Gasteiger partial charge in [0.05, 0.1) is 5.75 Å². The summed E-state index contributed by atoms with van der Waals surface area (Å²) in [6.07, 6.45) is 5.81. The largest absolute Gasteiger partial charge is 0.327 e. The van der Waals surface area contributed by atoms with Gasteiger partial charge in [0, 0.05) is 23.3 Å². The van der Waals surface area contributed by atoms with Crippen molar-refractivity contribution < 1.29 is 13.2 Å². The second-order valence-electron chi connectivity index (χ2n) is 7.68. The van der Waals surface area contributed by atoms with Gasteiger partial charge in [-0.2, -0.15) is 0 Å². The summed E-state index contributed by atoms with van der Waals surface area (Å²) in [5, 5.41) is 2.97. The second-order valence-corrected chi connectivity index (χ2v) is 9.53. The fraction of sp³-hybridized carbons (Fsp3) is 0.632. The average molecular weight is 380 g/mol. The molecule has 26 heavy (non-hydrogen) atoms. The number of sulfonamides is 1. The van der Waals surface area contributed by atoms with Crippen LogP contribution in [-0.4, -0.2) is 26.1 Å². The standard InChI is InChI=1S/C19H29N3O3S/c1-2-10-26(24,25)22-17-8-6-16(7-9-17)21-19(23)15-11-13-4-3-5-14(12-15)18(13)20/h6-9,13-15,18,22H,2-5,10-12,20H2,1H3,(H,21,23). The molecule has 1 amide bonds. The average Bonchev–Trinajstić information content (AvgIpc) is 2.56. The monoisotopic (exact) mass is 379 g/mol. The van der Waals surface area contributed by atoms with Crippen LogP contribution in [0.1, 0.15) is 45.4 Å². The zero-order chi connectivity index (χ0) is 18.7. The number of amides is 1. The SMILES string of the molecule is CCCS(=O)(=O)Nc1ccc(NC(=O)C2CC3CCCC(C2)C3N)cc1. The van der Waals surface area contributed by atoms with Crippen LogP contribution in [-0.2, 0) is 14.8 Å². The Morgan fingerprint density at radius 2 is 1.69 bits per heavy atom. The fourth-order valence-electron chi connectivity index (χ4n) is 4.37. The summed E-state index contributed by atoms with van der Waals surface area (Å²) in [4.78, 5) is 12.6. The number of hydrogen-bond donors (Lipinski definition) is 3. The first kappa shape index (κ1) is 19.2. The van der Waals surface area contributed by atoms with Crippen LogP contribution in [0.4, 0.5) is 11.4 Å². The molecule has 6 nitrogen and oxygen atoms in total. The number of anilines is 2. The summed E-state index contributed by atoms with van der Waals surface area (Å²) in [5.41, 5.74) is 7.50. The van der Waals surface area contributed by atoms with Crippen LogP contribution in [0.3, 0.4) is 0 Å². The van der Waals surface area contributed by atoms with Gasteiger partial charge in [-0.15, -0.1) is 0 Å². The van der Waals surface area contributed by atoms with E-state index < -0.39 is 10.0 Å². The minimum atomic E-state index is -3.30. The summed E-state index contributed by atoms with van der Waals surface area (Å²) in [6.45, 7) is 1.82. The van der Waals surface area contributed by atoms with Gasteiger partial charge in [0.1, 0.15) is 0 Å². The molecule has 0 saturated heterocycles. The van der Waals surface area contributed by atoms with Gasteiger partial charge >= 0.3 is 0 Å². The molecule has 1 aromatic carbocycles. The first-order chi connectivity index (χ1) is 12.4. The molecule has 2 saturated carbocycles. The van der Waals surface area contributed by atoms with Crippen molar-refractivity contribution in [3.05, 3.63) is 24.3 Å². The molecule has 3 rings (SSSR count). The lowest BCUT2D eigenvalue weighted by Gasteiger charge is -2.43.